The second kappa shape index (κ2) is 6.80. The van der Waals surface area contributed by atoms with Gasteiger partial charge in [0.05, 0.1) is 13.7 Å². The molecule has 0 atom stereocenters. The van der Waals surface area contributed by atoms with E-state index in [0.717, 1.165) is 10.9 Å². The van der Waals surface area contributed by atoms with E-state index in [1.807, 2.05) is 6.26 Å². The van der Waals surface area contributed by atoms with Gasteiger partial charge in [-0.1, -0.05) is 11.8 Å². The Hall–Kier alpha value is -1.01. The lowest BCUT2D eigenvalue weighted by Crippen LogP contribution is -2.32. The fourth-order valence-corrected chi connectivity index (χ4v) is 2.29. The molecule has 6 heteroatoms. The number of thioether (sulfide) groups is 1. The van der Waals surface area contributed by atoms with E-state index in [1.54, 1.807) is 36.3 Å². The number of nitrogens with zero attached hydrogens (tertiary/aromatic N) is 2. The van der Waals surface area contributed by atoms with Crippen LogP contribution in [0.4, 0.5) is 0 Å². The number of benzene rings is 1. The maximum atomic E-state index is 12.2. The fraction of sp³-hybridized carbons (Fsp3) is 0.333. The van der Waals surface area contributed by atoms with Gasteiger partial charge in [-0.05, 0) is 30.5 Å². The summed E-state index contributed by atoms with van der Waals surface area (Å²) in [6.45, 7) is 1.36. The number of hydrogen-bond acceptors (Lipinski definition) is 4. The average molecular weight is 331 g/mol. The lowest BCUT2D eigenvalue weighted by Gasteiger charge is -2.16. The first-order chi connectivity index (χ1) is 8.26. The van der Waals surface area contributed by atoms with Gasteiger partial charge in [0.15, 0.2) is 5.17 Å². The predicted octanol–water partition coefficient (Wildman–Crippen LogP) is 2.45. The predicted molar refractivity (Wildman–Crippen MR) is 80.2 cm³/mol. The van der Waals surface area contributed by atoms with Crippen molar-refractivity contribution < 1.29 is 9.53 Å². The molecular formula is C12H15BrN2O2S. The fourth-order valence-electron chi connectivity index (χ4n) is 1.68. The second-order valence-electron chi connectivity index (χ2n) is 3.55. The molecule has 0 bridgehead atoms. The van der Waals surface area contributed by atoms with Gasteiger partial charge in [0, 0.05) is 12.1 Å². The van der Waals surface area contributed by atoms with Gasteiger partial charge < -0.3 is 4.74 Å². The highest BCUT2D eigenvalue weighted by molar-refractivity contribution is 8.93. The molecule has 0 radical (unpaired) electrons. The minimum Gasteiger partial charge on any atom is -0.497 e. The van der Waals surface area contributed by atoms with Crippen LogP contribution in [0.5, 0.6) is 5.75 Å². The van der Waals surface area contributed by atoms with E-state index in [9.17, 15) is 4.79 Å². The minimum atomic E-state index is -0.00162. The van der Waals surface area contributed by atoms with Crippen LogP contribution in [0.15, 0.2) is 29.3 Å². The maximum Gasteiger partial charge on any atom is 0.259 e. The van der Waals surface area contributed by atoms with Crippen molar-refractivity contribution in [3.63, 3.8) is 0 Å². The van der Waals surface area contributed by atoms with Crippen LogP contribution in [0.25, 0.3) is 0 Å². The summed E-state index contributed by atoms with van der Waals surface area (Å²) in [5, 5.41) is 0.797. The lowest BCUT2D eigenvalue weighted by atomic mass is 10.2. The van der Waals surface area contributed by atoms with E-state index >= 15 is 0 Å². The molecule has 1 amide bonds. The molecule has 0 saturated heterocycles. The Morgan fingerprint density at radius 3 is 2.61 bits per heavy atom. The highest BCUT2D eigenvalue weighted by Crippen LogP contribution is 2.17. The third-order valence-corrected chi connectivity index (χ3v) is 3.28. The van der Waals surface area contributed by atoms with Crippen molar-refractivity contribution >= 4 is 39.8 Å². The van der Waals surface area contributed by atoms with E-state index < -0.39 is 0 Å². The standard InChI is InChI=1S/C12H14N2O2S.BrH/c1-16-10-5-3-9(4-6-10)11(15)14-8-7-13-12(14)17-2;/h3-6H,7-8H2,1-2H3;1H. The number of amidine groups is 1. The van der Waals surface area contributed by atoms with Gasteiger partial charge in [0.25, 0.3) is 5.91 Å². The van der Waals surface area contributed by atoms with Gasteiger partial charge in [0.2, 0.25) is 0 Å². The monoisotopic (exact) mass is 330 g/mol. The van der Waals surface area contributed by atoms with Crippen LogP contribution < -0.4 is 4.74 Å². The number of aliphatic imine (C=N–C) groups is 1. The van der Waals surface area contributed by atoms with Gasteiger partial charge in [-0.3, -0.25) is 14.7 Å². The number of carbonyl (C=O) groups is 1. The molecule has 0 saturated carbocycles. The topological polar surface area (TPSA) is 41.9 Å². The van der Waals surface area contributed by atoms with Gasteiger partial charge in [-0.25, -0.2) is 0 Å². The first kappa shape index (κ1) is 15.0. The van der Waals surface area contributed by atoms with Crippen LogP contribution in [-0.2, 0) is 0 Å². The van der Waals surface area contributed by atoms with Crippen molar-refractivity contribution in [2.45, 2.75) is 0 Å². The number of methoxy groups -OCH3 is 1. The summed E-state index contributed by atoms with van der Waals surface area (Å²) in [6.07, 6.45) is 1.93. The number of amides is 1. The number of carbonyl (C=O) groups excluding carboxylic acids is 1. The van der Waals surface area contributed by atoms with Gasteiger partial charge in [-0.15, -0.1) is 17.0 Å². The molecule has 18 heavy (non-hydrogen) atoms. The van der Waals surface area contributed by atoms with E-state index in [-0.39, 0.29) is 22.9 Å². The zero-order valence-corrected chi connectivity index (χ0v) is 12.8. The maximum absolute atomic E-state index is 12.2. The third kappa shape index (κ3) is 3.05. The smallest absolute Gasteiger partial charge is 0.259 e. The second-order valence-corrected chi connectivity index (χ2v) is 4.33. The minimum absolute atomic E-state index is 0. The Kier molecular flexibility index (Phi) is 5.68. The normalized spacial score (nSPS) is 13.9. The molecule has 0 N–H and O–H groups in total. The van der Waals surface area contributed by atoms with Crippen LogP contribution in [0.2, 0.25) is 0 Å². The van der Waals surface area contributed by atoms with Crippen molar-refractivity contribution in [1.82, 2.24) is 4.90 Å². The van der Waals surface area contributed by atoms with E-state index in [1.165, 1.54) is 11.8 Å². The number of hydrogen-bond donors (Lipinski definition) is 0. The summed E-state index contributed by atoms with van der Waals surface area (Å²) >= 11 is 1.50. The molecule has 1 aromatic carbocycles. The summed E-state index contributed by atoms with van der Waals surface area (Å²) in [6, 6.07) is 7.13. The molecular weight excluding hydrogens is 316 g/mol. The quantitative estimate of drug-likeness (QED) is 0.836. The van der Waals surface area contributed by atoms with Crippen LogP contribution in [-0.4, -0.2) is 42.4 Å². The zero-order chi connectivity index (χ0) is 12.3. The Morgan fingerprint density at radius 2 is 2.06 bits per heavy atom. The molecule has 0 fully saturated rings. The van der Waals surface area contributed by atoms with Crippen LogP contribution >= 0.6 is 28.7 Å². The molecule has 2 rings (SSSR count). The van der Waals surface area contributed by atoms with E-state index in [0.29, 0.717) is 18.7 Å². The molecule has 1 aromatic rings. The largest absolute Gasteiger partial charge is 0.497 e. The first-order valence-corrected chi connectivity index (χ1v) is 6.53. The molecule has 1 aliphatic rings. The summed E-state index contributed by atoms with van der Waals surface area (Å²) < 4.78 is 5.06. The Balaban J connectivity index is 0.00000162. The van der Waals surface area contributed by atoms with Gasteiger partial charge in [-0.2, -0.15) is 0 Å². The molecule has 0 spiro atoms. The van der Waals surface area contributed by atoms with Crippen molar-refractivity contribution in [1.29, 1.82) is 0 Å². The zero-order valence-electron chi connectivity index (χ0n) is 10.3. The lowest BCUT2D eigenvalue weighted by molar-refractivity contribution is 0.0860. The summed E-state index contributed by atoms with van der Waals surface area (Å²) in [7, 11) is 1.61. The highest BCUT2D eigenvalue weighted by atomic mass is 79.9. The Bertz CT molecular complexity index is 448. The van der Waals surface area contributed by atoms with E-state index in [2.05, 4.69) is 4.99 Å². The molecule has 1 aliphatic heterocycles. The molecule has 4 nitrogen and oxygen atoms in total. The molecule has 1 heterocycles. The first-order valence-electron chi connectivity index (χ1n) is 5.30. The Morgan fingerprint density at radius 1 is 1.39 bits per heavy atom. The van der Waals surface area contributed by atoms with Crippen LogP contribution in [0, 0.1) is 0 Å². The van der Waals surface area contributed by atoms with Gasteiger partial charge >= 0.3 is 0 Å². The summed E-state index contributed by atoms with van der Waals surface area (Å²) in [5.74, 6) is 0.750. The number of halogens is 1. The van der Waals surface area contributed by atoms with Crippen LogP contribution in [0.3, 0.4) is 0 Å². The number of rotatable bonds is 2. The van der Waals surface area contributed by atoms with Crippen molar-refractivity contribution in [3.05, 3.63) is 29.8 Å². The van der Waals surface area contributed by atoms with Crippen molar-refractivity contribution in [3.8, 4) is 5.75 Å². The Labute approximate surface area is 121 Å². The van der Waals surface area contributed by atoms with Gasteiger partial charge in [0.1, 0.15) is 5.75 Å². The van der Waals surface area contributed by atoms with E-state index in [4.69, 9.17) is 4.74 Å². The van der Waals surface area contributed by atoms with Crippen LogP contribution in [0.1, 0.15) is 10.4 Å². The summed E-state index contributed by atoms with van der Waals surface area (Å²) in [4.78, 5) is 18.2. The third-order valence-electron chi connectivity index (χ3n) is 2.57. The SMILES string of the molecule is Br.COc1ccc(C(=O)N2CCN=C2SC)cc1. The molecule has 98 valence electrons. The number of ether oxygens (including phenoxy) is 1. The van der Waals surface area contributed by atoms with Crippen molar-refractivity contribution in [2.75, 3.05) is 26.5 Å². The molecule has 0 aliphatic carbocycles. The summed E-state index contributed by atoms with van der Waals surface area (Å²) in [5.41, 5.74) is 0.662. The average Bonchev–Trinajstić information content (AvgIpc) is 2.86. The molecule has 0 unspecified atom stereocenters. The van der Waals surface area contributed by atoms with Crippen molar-refractivity contribution in [2.24, 2.45) is 4.99 Å². The molecule has 0 aromatic heterocycles. The highest BCUT2D eigenvalue weighted by Gasteiger charge is 2.23.